The van der Waals surface area contributed by atoms with E-state index in [9.17, 15) is 0 Å². The molecule has 0 aliphatic heterocycles. The van der Waals surface area contributed by atoms with Crippen molar-refractivity contribution in [2.45, 2.75) is 26.2 Å². The minimum absolute atomic E-state index is 0.595. The molecule has 0 N–H and O–H groups in total. The van der Waals surface area contributed by atoms with Gasteiger partial charge in [0.05, 0.1) is 0 Å². The van der Waals surface area contributed by atoms with Crippen LogP contribution < -0.4 is 0 Å². The Morgan fingerprint density at radius 3 is 2.60 bits per heavy atom. The number of aryl methyl sites for hydroxylation is 1. The van der Waals surface area contributed by atoms with Crippen LogP contribution in [0.1, 0.15) is 25.3 Å². The zero-order valence-electron chi connectivity index (χ0n) is 9.52. The summed E-state index contributed by atoms with van der Waals surface area (Å²) < 4.78 is 0. The van der Waals surface area contributed by atoms with Crippen molar-refractivity contribution in [3.8, 4) is 0 Å². The van der Waals surface area contributed by atoms with Gasteiger partial charge in [0.2, 0.25) is 0 Å². The van der Waals surface area contributed by atoms with Crippen molar-refractivity contribution in [3.05, 3.63) is 60.7 Å². The number of hydrogen-bond acceptors (Lipinski definition) is 0. The van der Waals surface area contributed by atoms with Gasteiger partial charge in [-0.3, -0.25) is 0 Å². The van der Waals surface area contributed by atoms with Gasteiger partial charge in [0.25, 0.3) is 0 Å². The summed E-state index contributed by atoms with van der Waals surface area (Å²) in [5.74, 6) is 0.595. The van der Waals surface area contributed by atoms with Crippen LogP contribution in [0.25, 0.3) is 0 Å². The maximum absolute atomic E-state index is 3.77. The summed E-state index contributed by atoms with van der Waals surface area (Å²) in [5.41, 5.74) is 1.42. The van der Waals surface area contributed by atoms with Crippen LogP contribution in [0.5, 0.6) is 0 Å². The zero-order valence-corrected chi connectivity index (χ0v) is 9.52. The summed E-state index contributed by atoms with van der Waals surface area (Å²) in [4.78, 5) is 0. The second kappa shape index (κ2) is 7.05. The van der Waals surface area contributed by atoms with Gasteiger partial charge in [0.1, 0.15) is 0 Å². The highest BCUT2D eigenvalue weighted by Gasteiger charge is 1.91. The first-order valence-electron chi connectivity index (χ1n) is 5.64. The molecule has 0 heteroatoms. The predicted molar refractivity (Wildman–Crippen MR) is 67.9 cm³/mol. The third-order valence-electron chi connectivity index (χ3n) is 2.52. The molecule has 0 heterocycles. The smallest absolute Gasteiger partial charge is 0.0230 e. The molecule has 0 bridgehead atoms. The predicted octanol–water partition coefficient (Wildman–Crippen LogP) is 4.39. The highest BCUT2D eigenvalue weighted by molar-refractivity contribution is 5.15. The van der Waals surface area contributed by atoms with Gasteiger partial charge in [-0.1, -0.05) is 55.5 Å². The molecule has 1 rings (SSSR count). The lowest BCUT2D eigenvalue weighted by Crippen LogP contribution is -1.85. The molecule has 0 radical (unpaired) electrons. The topological polar surface area (TPSA) is 0 Å². The van der Waals surface area contributed by atoms with Crippen LogP contribution >= 0.6 is 0 Å². The first kappa shape index (κ1) is 11.8. The standard InChI is InChI=1S/C15H20/c1-3-14(2)10-6-4-7-11-15-12-8-5-9-13-15/h3-6,8-9,12-14H,1,7,10-11H2,2H3. The van der Waals surface area contributed by atoms with Crippen LogP contribution in [0, 0.1) is 5.92 Å². The SMILES string of the molecule is C=CC(C)CC=CCCc1ccccc1. The van der Waals surface area contributed by atoms with E-state index < -0.39 is 0 Å². The van der Waals surface area contributed by atoms with Crippen LogP contribution in [0.2, 0.25) is 0 Å². The summed E-state index contributed by atoms with van der Waals surface area (Å²) in [7, 11) is 0. The summed E-state index contributed by atoms with van der Waals surface area (Å²) in [6.45, 7) is 5.96. The lowest BCUT2D eigenvalue weighted by molar-refractivity contribution is 0.743. The maximum Gasteiger partial charge on any atom is -0.0230 e. The minimum Gasteiger partial charge on any atom is -0.103 e. The van der Waals surface area contributed by atoms with E-state index in [-0.39, 0.29) is 0 Å². The molecule has 1 unspecified atom stereocenters. The Morgan fingerprint density at radius 2 is 1.93 bits per heavy atom. The Balaban J connectivity index is 2.19. The molecule has 0 saturated carbocycles. The molecule has 0 saturated heterocycles. The van der Waals surface area contributed by atoms with Gasteiger partial charge in [0, 0.05) is 0 Å². The molecule has 0 aliphatic carbocycles. The van der Waals surface area contributed by atoms with Gasteiger partial charge in [-0.25, -0.2) is 0 Å². The Labute approximate surface area is 93.3 Å². The quantitative estimate of drug-likeness (QED) is 0.597. The van der Waals surface area contributed by atoms with E-state index >= 15 is 0 Å². The van der Waals surface area contributed by atoms with Crippen LogP contribution in [-0.2, 0) is 6.42 Å². The lowest BCUT2D eigenvalue weighted by atomic mass is 10.1. The molecule has 1 atom stereocenters. The average Bonchev–Trinajstić information content (AvgIpc) is 2.29. The zero-order chi connectivity index (χ0) is 10.9. The lowest BCUT2D eigenvalue weighted by Gasteiger charge is -1.99. The fourth-order valence-electron chi connectivity index (χ4n) is 1.42. The number of hydrogen-bond donors (Lipinski definition) is 0. The van der Waals surface area contributed by atoms with Crippen LogP contribution in [0.4, 0.5) is 0 Å². The van der Waals surface area contributed by atoms with E-state index in [0.717, 1.165) is 19.3 Å². The van der Waals surface area contributed by atoms with Gasteiger partial charge >= 0.3 is 0 Å². The number of rotatable bonds is 6. The third kappa shape index (κ3) is 5.21. The molecule has 80 valence electrons. The van der Waals surface area contributed by atoms with E-state index in [1.807, 2.05) is 6.08 Å². The van der Waals surface area contributed by atoms with Crippen molar-refractivity contribution in [1.82, 2.24) is 0 Å². The molecular formula is C15H20. The summed E-state index contributed by atoms with van der Waals surface area (Å²) >= 11 is 0. The van der Waals surface area contributed by atoms with Gasteiger partial charge in [-0.05, 0) is 30.7 Å². The van der Waals surface area contributed by atoms with Gasteiger partial charge in [-0.2, -0.15) is 0 Å². The molecule has 1 aromatic carbocycles. The van der Waals surface area contributed by atoms with Gasteiger partial charge in [-0.15, -0.1) is 6.58 Å². The monoisotopic (exact) mass is 200 g/mol. The Hall–Kier alpha value is -1.30. The van der Waals surface area contributed by atoms with Crippen LogP contribution in [0.3, 0.4) is 0 Å². The largest absolute Gasteiger partial charge is 0.103 e. The Kier molecular flexibility index (Phi) is 5.54. The molecule has 0 aromatic heterocycles. The molecule has 0 amide bonds. The second-order valence-electron chi connectivity index (χ2n) is 3.94. The van der Waals surface area contributed by atoms with E-state index in [2.05, 4.69) is 56.0 Å². The second-order valence-corrected chi connectivity index (χ2v) is 3.94. The molecule has 0 fully saturated rings. The molecular weight excluding hydrogens is 180 g/mol. The first-order chi connectivity index (χ1) is 7.33. The minimum atomic E-state index is 0.595. The Bertz CT molecular complexity index is 295. The van der Waals surface area contributed by atoms with Crippen molar-refractivity contribution in [2.24, 2.45) is 5.92 Å². The Morgan fingerprint density at radius 1 is 1.20 bits per heavy atom. The van der Waals surface area contributed by atoms with E-state index in [1.165, 1.54) is 5.56 Å². The molecule has 15 heavy (non-hydrogen) atoms. The molecule has 0 nitrogen and oxygen atoms in total. The summed E-state index contributed by atoms with van der Waals surface area (Å²) in [6, 6.07) is 10.6. The summed E-state index contributed by atoms with van der Waals surface area (Å²) in [6.07, 6.45) is 9.91. The van der Waals surface area contributed by atoms with Crippen molar-refractivity contribution >= 4 is 0 Å². The van der Waals surface area contributed by atoms with E-state index in [1.54, 1.807) is 0 Å². The number of allylic oxidation sites excluding steroid dienone is 3. The number of benzene rings is 1. The van der Waals surface area contributed by atoms with E-state index in [4.69, 9.17) is 0 Å². The van der Waals surface area contributed by atoms with Crippen molar-refractivity contribution in [2.75, 3.05) is 0 Å². The van der Waals surface area contributed by atoms with Gasteiger partial charge in [0.15, 0.2) is 0 Å². The van der Waals surface area contributed by atoms with Crippen LogP contribution in [0.15, 0.2) is 55.1 Å². The average molecular weight is 200 g/mol. The van der Waals surface area contributed by atoms with Crippen LogP contribution in [-0.4, -0.2) is 0 Å². The fraction of sp³-hybridized carbons (Fsp3) is 0.333. The van der Waals surface area contributed by atoms with Crippen molar-refractivity contribution in [3.63, 3.8) is 0 Å². The first-order valence-corrected chi connectivity index (χ1v) is 5.64. The third-order valence-corrected chi connectivity index (χ3v) is 2.52. The highest BCUT2D eigenvalue weighted by Crippen LogP contribution is 2.06. The molecule has 0 aliphatic rings. The fourth-order valence-corrected chi connectivity index (χ4v) is 1.42. The van der Waals surface area contributed by atoms with Gasteiger partial charge < -0.3 is 0 Å². The van der Waals surface area contributed by atoms with Crippen molar-refractivity contribution < 1.29 is 0 Å². The summed E-state index contributed by atoms with van der Waals surface area (Å²) in [5, 5.41) is 0. The molecule has 0 spiro atoms. The van der Waals surface area contributed by atoms with E-state index in [0.29, 0.717) is 5.92 Å². The highest BCUT2D eigenvalue weighted by atomic mass is 14.0. The van der Waals surface area contributed by atoms with Crippen molar-refractivity contribution in [1.29, 1.82) is 0 Å². The molecule has 1 aromatic rings. The maximum atomic E-state index is 3.77. The normalized spacial score (nSPS) is 12.9.